The van der Waals surface area contributed by atoms with E-state index in [-0.39, 0.29) is 4.90 Å². The molecule has 0 aromatic heterocycles. The van der Waals surface area contributed by atoms with E-state index in [1.807, 2.05) is 0 Å². The number of aldehydes is 1. The van der Waals surface area contributed by atoms with E-state index in [1.54, 1.807) is 4.72 Å². The fourth-order valence-electron chi connectivity index (χ4n) is 1.03. The molecule has 0 aliphatic carbocycles. The quantitative estimate of drug-likeness (QED) is 0.817. The van der Waals surface area contributed by atoms with Gasteiger partial charge in [-0.3, -0.25) is 4.79 Å². The van der Waals surface area contributed by atoms with Crippen molar-refractivity contribution in [1.29, 1.82) is 0 Å². The summed E-state index contributed by atoms with van der Waals surface area (Å²) >= 11 is 0. The lowest BCUT2D eigenvalue weighted by molar-refractivity contribution is 0.0281. The molecule has 1 aromatic rings. The molecule has 0 radical (unpaired) electrons. The molecule has 0 aliphatic heterocycles. The summed E-state index contributed by atoms with van der Waals surface area (Å²) in [6.07, 6.45) is 0.560. The van der Waals surface area contributed by atoms with E-state index in [1.165, 1.54) is 24.3 Å². The van der Waals surface area contributed by atoms with Crippen LogP contribution in [0, 0.1) is 0 Å². The highest BCUT2D eigenvalue weighted by atomic mass is 32.2. The number of hydrogen-bond acceptors (Lipinski definition) is 3. The zero-order chi connectivity index (χ0) is 13.1. The van der Waals surface area contributed by atoms with Gasteiger partial charge in [0.2, 0.25) is 10.0 Å². The van der Waals surface area contributed by atoms with Crippen LogP contribution in [0.2, 0.25) is 0 Å². The second kappa shape index (κ2) is 4.89. The molecule has 0 unspecified atom stereocenters. The minimum Gasteiger partial charge on any atom is -0.298 e. The summed E-state index contributed by atoms with van der Waals surface area (Å²) in [5.41, 5.74) is 0.310. The summed E-state index contributed by atoms with van der Waals surface area (Å²) in [5.74, 6) is -3.12. The molecule has 1 N–H and O–H groups in total. The Morgan fingerprint density at radius 3 is 2.24 bits per heavy atom. The van der Waals surface area contributed by atoms with E-state index in [0.717, 1.165) is 0 Å². The Bertz CT molecular complexity index is 491. The van der Waals surface area contributed by atoms with E-state index in [0.29, 0.717) is 18.8 Å². The van der Waals surface area contributed by atoms with Crippen LogP contribution in [0.3, 0.4) is 0 Å². The Kier molecular flexibility index (Phi) is 3.94. The summed E-state index contributed by atoms with van der Waals surface area (Å²) in [4.78, 5) is 10.2. The van der Waals surface area contributed by atoms with Crippen LogP contribution in [-0.4, -0.2) is 27.2 Å². The molecular weight excluding hydrogens is 252 g/mol. The maximum atomic E-state index is 12.5. The Hall–Kier alpha value is -1.34. The molecular formula is C10H11F2NO3S. The third kappa shape index (κ3) is 4.20. The molecule has 0 fully saturated rings. The van der Waals surface area contributed by atoms with Crippen molar-refractivity contribution in [2.75, 3.05) is 6.54 Å². The van der Waals surface area contributed by atoms with Crippen LogP contribution in [-0.2, 0) is 10.0 Å². The zero-order valence-electron chi connectivity index (χ0n) is 8.98. The van der Waals surface area contributed by atoms with Gasteiger partial charge in [-0.25, -0.2) is 21.9 Å². The molecule has 0 aliphatic rings. The Morgan fingerprint density at radius 1 is 1.29 bits per heavy atom. The van der Waals surface area contributed by atoms with Gasteiger partial charge in [0.1, 0.15) is 6.29 Å². The normalized spacial score (nSPS) is 12.4. The predicted octanol–water partition coefficient (Wildman–Crippen LogP) is 1.43. The van der Waals surface area contributed by atoms with Gasteiger partial charge in [0, 0.05) is 12.5 Å². The van der Waals surface area contributed by atoms with Crippen molar-refractivity contribution in [2.24, 2.45) is 0 Å². The van der Waals surface area contributed by atoms with Gasteiger partial charge in [0.15, 0.2) is 0 Å². The fraction of sp³-hybridized carbons (Fsp3) is 0.300. The lowest BCUT2D eigenvalue weighted by atomic mass is 10.2. The highest BCUT2D eigenvalue weighted by Crippen LogP contribution is 2.13. The largest absolute Gasteiger partial charge is 0.298 e. The number of carbonyl (C=O) groups excluding carboxylic acids is 1. The number of rotatable bonds is 5. The number of sulfonamides is 1. The molecule has 0 saturated heterocycles. The van der Waals surface area contributed by atoms with E-state index >= 15 is 0 Å². The monoisotopic (exact) mass is 263 g/mol. The highest BCUT2D eigenvalue weighted by molar-refractivity contribution is 7.89. The summed E-state index contributed by atoms with van der Waals surface area (Å²) in [7, 11) is -3.96. The minimum atomic E-state index is -3.96. The lowest BCUT2D eigenvalue weighted by Crippen LogP contribution is -2.34. The first kappa shape index (κ1) is 13.7. The topological polar surface area (TPSA) is 63.2 Å². The molecule has 0 spiro atoms. The lowest BCUT2D eigenvalue weighted by Gasteiger charge is -2.11. The summed E-state index contributed by atoms with van der Waals surface area (Å²) < 4.78 is 49.9. The average Bonchev–Trinajstić information content (AvgIpc) is 2.26. The summed E-state index contributed by atoms with van der Waals surface area (Å²) in [5, 5.41) is 0. The molecule has 17 heavy (non-hydrogen) atoms. The number of hydrogen-bond donors (Lipinski definition) is 1. The number of benzene rings is 1. The fourth-order valence-corrected chi connectivity index (χ4v) is 2.14. The molecule has 4 nitrogen and oxygen atoms in total. The molecule has 1 aromatic carbocycles. The molecule has 0 amide bonds. The van der Waals surface area contributed by atoms with Crippen LogP contribution < -0.4 is 4.72 Å². The zero-order valence-corrected chi connectivity index (χ0v) is 9.80. The van der Waals surface area contributed by atoms with Gasteiger partial charge in [-0.1, -0.05) is 12.1 Å². The van der Waals surface area contributed by atoms with Gasteiger partial charge in [-0.15, -0.1) is 0 Å². The second-order valence-corrected chi connectivity index (χ2v) is 5.35. The van der Waals surface area contributed by atoms with Crippen molar-refractivity contribution in [3.63, 3.8) is 0 Å². The second-order valence-electron chi connectivity index (χ2n) is 3.58. The molecule has 94 valence electrons. The standard InChI is InChI=1S/C10H11F2NO3S/c1-10(11,12)7-13-17(15,16)9-4-2-8(6-14)3-5-9/h2-6,13H,7H2,1H3. The van der Waals surface area contributed by atoms with Gasteiger partial charge >= 0.3 is 0 Å². The average molecular weight is 263 g/mol. The number of nitrogens with one attached hydrogen (secondary N) is 1. The predicted molar refractivity (Wildman–Crippen MR) is 57.6 cm³/mol. The van der Waals surface area contributed by atoms with E-state index in [4.69, 9.17) is 0 Å². The van der Waals surface area contributed by atoms with E-state index in [2.05, 4.69) is 0 Å². The van der Waals surface area contributed by atoms with Crippen molar-refractivity contribution >= 4 is 16.3 Å². The molecule has 0 saturated carbocycles. The van der Waals surface area contributed by atoms with E-state index in [9.17, 15) is 22.0 Å². The first-order valence-electron chi connectivity index (χ1n) is 4.67. The van der Waals surface area contributed by atoms with E-state index < -0.39 is 22.5 Å². The van der Waals surface area contributed by atoms with Gasteiger partial charge in [0.25, 0.3) is 5.92 Å². The first-order valence-corrected chi connectivity index (χ1v) is 6.16. The number of alkyl halides is 2. The van der Waals surface area contributed by atoms with Gasteiger partial charge in [-0.2, -0.15) is 0 Å². The Labute approximate surface area is 97.7 Å². The van der Waals surface area contributed by atoms with Crippen LogP contribution in [0.4, 0.5) is 8.78 Å². The molecule has 0 bridgehead atoms. The Morgan fingerprint density at radius 2 is 1.82 bits per heavy atom. The smallest absolute Gasteiger partial charge is 0.258 e. The van der Waals surface area contributed by atoms with Gasteiger partial charge in [0.05, 0.1) is 11.4 Å². The SMILES string of the molecule is CC(F)(F)CNS(=O)(=O)c1ccc(C=O)cc1. The van der Waals surface area contributed by atoms with Crippen molar-refractivity contribution in [3.8, 4) is 0 Å². The van der Waals surface area contributed by atoms with Gasteiger partial charge in [-0.05, 0) is 12.1 Å². The number of carbonyl (C=O) groups is 1. The van der Waals surface area contributed by atoms with Gasteiger partial charge < -0.3 is 0 Å². The maximum absolute atomic E-state index is 12.5. The van der Waals surface area contributed by atoms with Crippen molar-refractivity contribution in [3.05, 3.63) is 29.8 Å². The maximum Gasteiger partial charge on any atom is 0.258 e. The van der Waals surface area contributed by atoms with Crippen molar-refractivity contribution in [2.45, 2.75) is 17.7 Å². The third-order valence-corrected chi connectivity index (χ3v) is 3.32. The number of halogens is 2. The first-order chi connectivity index (χ1) is 7.74. The Balaban J connectivity index is 2.86. The minimum absolute atomic E-state index is 0.160. The molecule has 7 heteroatoms. The van der Waals surface area contributed by atoms with Crippen LogP contribution >= 0.6 is 0 Å². The van der Waals surface area contributed by atoms with Crippen molar-refractivity contribution in [1.82, 2.24) is 4.72 Å². The molecule has 1 rings (SSSR count). The molecule has 0 heterocycles. The summed E-state index contributed by atoms with van der Waals surface area (Å²) in [6.45, 7) is -0.351. The van der Waals surface area contributed by atoms with Crippen molar-refractivity contribution < 1.29 is 22.0 Å². The van der Waals surface area contributed by atoms with Crippen LogP contribution in [0.5, 0.6) is 0 Å². The highest BCUT2D eigenvalue weighted by Gasteiger charge is 2.24. The summed E-state index contributed by atoms with van der Waals surface area (Å²) in [6, 6.07) is 4.96. The van der Waals surface area contributed by atoms with Crippen LogP contribution in [0.25, 0.3) is 0 Å². The van der Waals surface area contributed by atoms with Crippen LogP contribution in [0.1, 0.15) is 17.3 Å². The molecule has 0 atom stereocenters. The van der Waals surface area contributed by atoms with Crippen LogP contribution in [0.15, 0.2) is 29.2 Å². The third-order valence-electron chi connectivity index (χ3n) is 1.90.